The van der Waals surface area contributed by atoms with Crippen LogP contribution >= 0.6 is 23.1 Å². The van der Waals surface area contributed by atoms with Gasteiger partial charge < -0.3 is 15.0 Å². The number of allylic oxidation sites excluding steroid dienone is 1. The monoisotopic (exact) mass is 441 g/mol. The lowest BCUT2D eigenvalue weighted by Crippen LogP contribution is -2.41. The molecule has 2 aromatic heterocycles. The standard InChI is InChI=1S/C22H23N3O3S2/c1-29-11-7-20(22(27)28)24-21(26)18-5-4-16(3-2-9-25-10-8-23-15-25)13-19(18)17-6-12-30-14-17/h2-6,8,10,12-15,20H,7,9,11H2,1H3,(H,24,26)(H,27,28)/t20-/m0/s1. The predicted molar refractivity (Wildman–Crippen MR) is 123 cm³/mol. The minimum Gasteiger partial charge on any atom is -0.480 e. The van der Waals surface area contributed by atoms with Gasteiger partial charge in [-0.15, -0.1) is 0 Å². The van der Waals surface area contributed by atoms with Gasteiger partial charge in [0.2, 0.25) is 0 Å². The van der Waals surface area contributed by atoms with E-state index in [9.17, 15) is 14.7 Å². The van der Waals surface area contributed by atoms with Gasteiger partial charge in [-0.05, 0) is 64.1 Å². The number of nitrogens with zero attached hydrogens (tertiary/aromatic N) is 2. The molecule has 1 amide bonds. The molecule has 0 saturated heterocycles. The van der Waals surface area contributed by atoms with Crippen LogP contribution in [0, 0.1) is 0 Å². The molecule has 3 rings (SSSR count). The summed E-state index contributed by atoms with van der Waals surface area (Å²) >= 11 is 3.10. The maximum Gasteiger partial charge on any atom is 0.326 e. The number of carbonyl (C=O) groups is 2. The van der Waals surface area contributed by atoms with Crippen LogP contribution in [0.3, 0.4) is 0 Å². The second kappa shape index (κ2) is 10.8. The molecule has 30 heavy (non-hydrogen) atoms. The van der Waals surface area contributed by atoms with Crippen LogP contribution in [0.4, 0.5) is 0 Å². The van der Waals surface area contributed by atoms with Crippen LogP contribution in [0.5, 0.6) is 0 Å². The molecule has 8 heteroatoms. The zero-order chi connectivity index (χ0) is 21.3. The third-order valence-electron chi connectivity index (χ3n) is 4.52. The molecule has 0 unspecified atom stereocenters. The molecule has 0 radical (unpaired) electrons. The average molecular weight is 442 g/mol. The van der Waals surface area contributed by atoms with Crippen molar-refractivity contribution in [3.63, 3.8) is 0 Å². The smallest absolute Gasteiger partial charge is 0.326 e. The Bertz CT molecular complexity index is 999. The van der Waals surface area contributed by atoms with Crippen molar-refractivity contribution in [3.05, 3.63) is 70.9 Å². The normalized spacial score (nSPS) is 12.2. The summed E-state index contributed by atoms with van der Waals surface area (Å²) in [4.78, 5) is 28.5. The number of carbonyl (C=O) groups excluding carboxylic acids is 1. The Morgan fingerprint density at radius 1 is 1.37 bits per heavy atom. The zero-order valence-corrected chi connectivity index (χ0v) is 18.2. The van der Waals surface area contributed by atoms with Gasteiger partial charge in [-0.1, -0.05) is 18.2 Å². The fourth-order valence-electron chi connectivity index (χ4n) is 2.95. The molecule has 0 aliphatic heterocycles. The van der Waals surface area contributed by atoms with Crippen LogP contribution in [0.15, 0.2) is 59.8 Å². The molecule has 1 atom stereocenters. The number of imidazole rings is 1. The summed E-state index contributed by atoms with van der Waals surface area (Å²) in [5, 5.41) is 16.0. The number of hydrogen-bond acceptors (Lipinski definition) is 5. The number of carboxylic acid groups (broad SMARTS) is 1. The number of thiophene rings is 1. The Morgan fingerprint density at radius 3 is 2.90 bits per heavy atom. The van der Waals surface area contributed by atoms with E-state index >= 15 is 0 Å². The van der Waals surface area contributed by atoms with Crippen molar-refractivity contribution in [1.29, 1.82) is 0 Å². The minimum absolute atomic E-state index is 0.376. The highest BCUT2D eigenvalue weighted by Gasteiger charge is 2.22. The van der Waals surface area contributed by atoms with Crippen LogP contribution in [0.1, 0.15) is 22.3 Å². The van der Waals surface area contributed by atoms with Crippen LogP contribution in [-0.2, 0) is 11.3 Å². The molecule has 3 aromatic rings. The van der Waals surface area contributed by atoms with Gasteiger partial charge in [-0.2, -0.15) is 23.1 Å². The molecule has 0 saturated carbocycles. The summed E-state index contributed by atoms with van der Waals surface area (Å²) in [5.74, 6) is -0.734. The number of benzene rings is 1. The van der Waals surface area contributed by atoms with Crippen molar-refractivity contribution in [1.82, 2.24) is 14.9 Å². The Labute approximate surface area is 183 Å². The van der Waals surface area contributed by atoms with Gasteiger partial charge in [0, 0.05) is 24.5 Å². The summed E-state index contributed by atoms with van der Waals surface area (Å²) in [6, 6.07) is 6.63. The lowest BCUT2D eigenvalue weighted by atomic mass is 9.98. The van der Waals surface area contributed by atoms with E-state index in [1.54, 1.807) is 41.7 Å². The Balaban J connectivity index is 1.83. The lowest BCUT2D eigenvalue weighted by molar-refractivity contribution is -0.139. The summed E-state index contributed by atoms with van der Waals surface area (Å²) in [7, 11) is 0. The minimum atomic E-state index is -1.02. The molecule has 0 aliphatic carbocycles. The van der Waals surface area contributed by atoms with Crippen LogP contribution in [0.25, 0.3) is 17.2 Å². The van der Waals surface area contributed by atoms with Gasteiger partial charge in [0.1, 0.15) is 6.04 Å². The number of aliphatic carboxylic acids is 1. The molecule has 0 bridgehead atoms. The van der Waals surface area contributed by atoms with E-state index < -0.39 is 12.0 Å². The lowest BCUT2D eigenvalue weighted by Gasteiger charge is -2.16. The summed E-state index contributed by atoms with van der Waals surface area (Å²) in [6.07, 6.45) is 11.7. The first-order chi connectivity index (χ1) is 14.6. The number of aromatic nitrogens is 2. The first-order valence-electron chi connectivity index (χ1n) is 9.40. The third kappa shape index (κ3) is 5.84. The zero-order valence-electron chi connectivity index (χ0n) is 16.5. The average Bonchev–Trinajstić information content (AvgIpc) is 3.45. The molecule has 6 nitrogen and oxygen atoms in total. The van der Waals surface area contributed by atoms with Crippen LogP contribution in [-0.4, -0.2) is 44.6 Å². The molecule has 0 spiro atoms. The number of nitrogens with one attached hydrogen (secondary N) is 1. The number of rotatable bonds is 10. The summed E-state index contributed by atoms with van der Waals surface area (Å²) < 4.78 is 1.96. The molecule has 2 N–H and O–H groups in total. The second-order valence-corrected chi connectivity index (χ2v) is 8.39. The van der Waals surface area contributed by atoms with E-state index in [1.165, 1.54) is 0 Å². The number of amides is 1. The van der Waals surface area contributed by atoms with E-state index in [0.717, 1.165) is 16.7 Å². The van der Waals surface area contributed by atoms with Crippen LogP contribution in [0.2, 0.25) is 0 Å². The predicted octanol–water partition coefficient (Wildman–Crippen LogP) is 4.26. The maximum absolute atomic E-state index is 12.9. The van der Waals surface area contributed by atoms with Gasteiger partial charge in [0.25, 0.3) is 5.91 Å². The largest absolute Gasteiger partial charge is 0.480 e. The van der Waals surface area contributed by atoms with Crippen molar-refractivity contribution in [2.75, 3.05) is 12.0 Å². The number of thioether (sulfide) groups is 1. The quantitative estimate of drug-likeness (QED) is 0.491. The van der Waals surface area contributed by atoms with E-state index in [1.807, 2.05) is 58.1 Å². The van der Waals surface area contributed by atoms with Gasteiger partial charge in [-0.25, -0.2) is 9.78 Å². The van der Waals surface area contributed by atoms with Crippen molar-refractivity contribution in [2.24, 2.45) is 0 Å². The first-order valence-corrected chi connectivity index (χ1v) is 11.7. The molecule has 2 heterocycles. The SMILES string of the molecule is CSCC[C@H](NC(=O)c1ccc(C=CCn2ccnc2)cc1-c1ccsc1)C(=O)O. The maximum atomic E-state index is 12.9. The highest BCUT2D eigenvalue weighted by Crippen LogP contribution is 2.28. The fourth-order valence-corrected chi connectivity index (χ4v) is 4.08. The van der Waals surface area contributed by atoms with Crippen molar-refractivity contribution < 1.29 is 14.7 Å². The van der Waals surface area contributed by atoms with E-state index in [0.29, 0.717) is 24.3 Å². The molecule has 156 valence electrons. The van der Waals surface area contributed by atoms with Crippen molar-refractivity contribution in [2.45, 2.75) is 19.0 Å². The molecular weight excluding hydrogens is 418 g/mol. The van der Waals surface area contributed by atoms with Gasteiger partial charge >= 0.3 is 5.97 Å². The van der Waals surface area contributed by atoms with E-state index in [-0.39, 0.29) is 5.91 Å². The Kier molecular flexibility index (Phi) is 7.87. The van der Waals surface area contributed by atoms with Crippen LogP contribution < -0.4 is 5.32 Å². The van der Waals surface area contributed by atoms with E-state index in [4.69, 9.17) is 0 Å². The first kappa shape index (κ1) is 21.9. The topological polar surface area (TPSA) is 84.2 Å². The molecular formula is C22H23N3O3S2. The van der Waals surface area contributed by atoms with E-state index in [2.05, 4.69) is 10.3 Å². The third-order valence-corrected chi connectivity index (χ3v) is 5.85. The summed E-state index contributed by atoms with van der Waals surface area (Å²) in [5.41, 5.74) is 3.15. The van der Waals surface area contributed by atoms with Gasteiger partial charge in [-0.3, -0.25) is 4.79 Å². The summed E-state index contributed by atoms with van der Waals surface area (Å²) in [6.45, 7) is 0.700. The van der Waals surface area contributed by atoms with Crippen molar-refractivity contribution in [3.8, 4) is 11.1 Å². The van der Waals surface area contributed by atoms with Gasteiger partial charge in [0.15, 0.2) is 0 Å². The molecule has 0 aliphatic rings. The Hall–Kier alpha value is -2.84. The molecule has 1 aromatic carbocycles. The number of carboxylic acids is 1. The Morgan fingerprint density at radius 2 is 2.23 bits per heavy atom. The second-order valence-electron chi connectivity index (χ2n) is 6.62. The highest BCUT2D eigenvalue weighted by atomic mass is 32.2. The fraction of sp³-hybridized carbons (Fsp3) is 0.227. The van der Waals surface area contributed by atoms with Gasteiger partial charge in [0.05, 0.1) is 6.33 Å². The highest BCUT2D eigenvalue weighted by molar-refractivity contribution is 7.98. The number of hydrogen-bond donors (Lipinski definition) is 2. The molecule has 0 fully saturated rings. The van der Waals surface area contributed by atoms with Crippen molar-refractivity contribution >= 4 is 41.1 Å².